The van der Waals surface area contributed by atoms with Crippen molar-refractivity contribution in [3.8, 4) is 11.1 Å². The van der Waals surface area contributed by atoms with Gasteiger partial charge in [-0.05, 0) is 78.9 Å². The van der Waals surface area contributed by atoms with Gasteiger partial charge in [0.1, 0.15) is 11.6 Å². The molecule has 1 aromatic heterocycles. The lowest BCUT2D eigenvalue weighted by molar-refractivity contribution is 0.0697. The number of aryl methyl sites for hydroxylation is 2. The first-order valence-corrected chi connectivity index (χ1v) is 15.0. The Hall–Kier alpha value is -4.43. The average Bonchev–Trinajstić information content (AvgIpc) is 3.34. The molecule has 6 nitrogen and oxygen atoms in total. The smallest absolute Gasteiger partial charge is 0.336 e. The number of aromatic nitrogens is 2. The van der Waals surface area contributed by atoms with E-state index in [9.17, 15) is 19.1 Å². The van der Waals surface area contributed by atoms with Crippen molar-refractivity contribution in [1.29, 1.82) is 0 Å². The van der Waals surface area contributed by atoms with Gasteiger partial charge in [0.05, 0.1) is 16.6 Å². The molecule has 43 heavy (non-hydrogen) atoms. The second kappa shape index (κ2) is 12.8. The molecule has 1 heterocycles. The minimum absolute atomic E-state index is 0.233. The van der Waals surface area contributed by atoms with Crippen molar-refractivity contribution in [3.63, 3.8) is 0 Å². The molecule has 1 N–H and O–H groups in total. The second-order valence-electron chi connectivity index (χ2n) is 10.8. The summed E-state index contributed by atoms with van der Waals surface area (Å²) in [4.78, 5) is 32.3. The van der Waals surface area contributed by atoms with Crippen LogP contribution >= 0.6 is 12.6 Å². The Morgan fingerprint density at radius 3 is 2.44 bits per heavy atom. The van der Waals surface area contributed by atoms with E-state index in [2.05, 4.69) is 24.1 Å². The van der Waals surface area contributed by atoms with Gasteiger partial charge in [-0.3, -0.25) is 4.79 Å². The third-order valence-corrected chi connectivity index (χ3v) is 8.15. The van der Waals surface area contributed by atoms with Crippen molar-refractivity contribution < 1.29 is 19.1 Å². The Balaban J connectivity index is 1.55. The lowest BCUT2D eigenvalue weighted by Gasteiger charge is -2.29. The standard InChI is InChI=1S/C35H34FN3O3S/c1-4-8-32-37-33-22(2)17-26(34(40)39(23(3)21-43)28-10-7-9-27(36)19-28)18-31(33)38(32)20-24-13-15-25(16-14-24)29-11-5-6-12-30(29)35(41)42/h5-7,9-19,23,43H,4,8,20-21H2,1-3H3,(H,41,42). The molecule has 220 valence electrons. The van der Waals surface area contributed by atoms with E-state index in [1.165, 1.54) is 12.1 Å². The number of nitrogens with zero attached hydrogens (tertiary/aromatic N) is 3. The van der Waals surface area contributed by atoms with Crippen LogP contribution in [0.25, 0.3) is 22.2 Å². The van der Waals surface area contributed by atoms with Gasteiger partial charge in [0.15, 0.2) is 0 Å². The highest BCUT2D eigenvalue weighted by Gasteiger charge is 2.25. The summed E-state index contributed by atoms with van der Waals surface area (Å²) in [6.45, 7) is 6.49. The number of rotatable bonds is 10. The number of carboxylic acids is 1. The molecular weight excluding hydrogens is 561 g/mol. The second-order valence-corrected chi connectivity index (χ2v) is 11.1. The van der Waals surface area contributed by atoms with Crippen LogP contribution < -0.4 is 4.90 Å². The number of halogens is 1. The van der Waals surface area contributed by atoms with E-state index in [1.54, 1.807) is 29.2 Å². The van der Waals surface area contributed by atoms with Crippen LogP contribution in [0.15, 0.2) is 84.9 Å². The molecule has 0 aliphatic carbocycles. The van der Waals surface area contributed by atoms with Gasteiger partial charge < -0.3 is 14.6 Å². The van der Waals surface area contributed by atoms with Gasteiger partial charge in [-0.1, -0.05) is 55.5 Å². The van der Waals surface area contributed by atoms with E-state index in [-0.39, 0.29) is 17.5 Å². The fraction of sp³-hybridized carbons (Fsp3) is 0.229. The van der Waals surface area contributed by atoms with Crippen molar-refractivity contribution in [2.45, 2.75) is 46.2 Å². The van der Waals surface area contributed by atoms with E-state index in [0.29, 0.717) is 29.1 Å². The first-order valence-electron chi connectivity index (χ1n) is 14.3. The van der Waals surface area contributed by atoms with Crippen LogP contribution in [0.4, 0.5) is 10.1 Å². The zero-order valence-electron chi connectivity index (χ0n) is 24.4. The molecular formula is C35H34FN3O3S. The Kier molecular flexibility index (Phi) is 8.97. The molecule has 0 saturated heterocycles. The molecule has 5 rings (SSSR count). The molecule has 4 aromatic carbocycles. The van der Waals surface area contributed by atoms with Gasteiger partial charge in [-0.25, -0.2) is 14.2 Å². The normalized spacial score (nSPS) is 11.9. The Labute approximate surface area is 256 Å². The summed E-state index contributed by atoms with van der Waals surface area (Å²) >= 11 is 4.43. The van der Waals surface area contributed by atoms with Gasteiger partial charge in [-0.2, -0.15) is 12.6 Å². The molecule has 8 heteroatoms. The van der Waals surface area contributed by atoms with E-state index >= 15 is 0 Å². The topological polar surface area (TPSA) is 75.4 Å². The van der Waals surface area contributed by atoms with Gasteiger partial charge in [0, 0.05) is 36.0 Å². The highest BCUT2D eigenvalue weighted by molar-refractivity contribution is 7.80. The highest BCUT2D eigenvalue weighted by atomic mass is 32.1. The Morgan fingerprint density at radius 2 is 1.77 bits per heavy atom. The fourth-order valence-electron chi connectivity index (χ4n) is 5.47. The maximum absolute atomic E-state index is 14.2. The number of benzene rings is 4. The van der Waals surface area contributed by atoms with E-state index in [0.717, 1.165) is 46.4 Å². The van der Waals surface area contributed by atoms with Crippen LogP contribution in [0, 0.1) is 12.7 Å². The minimum Gasteiger partial charge on any atom is -0.478 e. The summed E-state index contributed by atoms with van der Waals surface area (Å²) in [5, 5.41) is 9.62. The van der Waals surface area contributed by atoms with Crippen LogP contribution in [0.2, 0.25) is 0 Å². The Bertz CT molecular complexity index is 1800. The third kappa shape index (κ3) is 6.20. The van der Waals surface area contributed by atoms with Crippen molar-refractivity contribution in [2.24, 2.45) is 0 Å². The number of thiol groups is 1. The van der Waals surface area contributed by atoms with Crippen molar-refractivity contribution in [1.82, 2.24) is 9.55 Å². The van der Waals surface area contributed by atoms with E-state index in [4.69, 9.17) is 4.98 Å². The van der Waals surface area contributed by atoms with Crippen molar-refractivity contribution >= 4 is 41.2 Å². The van der Waals surface area contributed by atoms with Crippen molar-refractivity contribution in [3.05, 3.63) is 119 Å². The summed E-state index contributed by atoms with van der Waals surface area (Å²) in [6, 6.07) is 24.4. The number of hydrogen-bond acceptors (Lipinski definition) is 4. The maximum Gasteiger partial charge on any atom is 0.336 e. The van der Waals surface area contributed by atoms with Crippen LogP contribution in [0.5, 0.6) is 0 Å². The summed E-state index contributed by atoms with van der Waals surface area (Å²) in [7, 11) is 0. The summed E-state index contributed by atoms with van der Waals surface area (Å²) < 4.78 is 16.3. The lowest BCUT2D eigenvalue weighted by Crippen LogP contribution is -2.40. The number of carbonyl (C=O) groups excluding carboxylic acids is 1. The average molecular weight is 596 g/mol. The SMILES string of the molecule is CCCc1nc2c(C)cc(C(=O)N(c3cccc(F)c3)C(C)CS)cc2n1Cc1ccc(-c2ccccc2C(=O)O)cc1. The zero-order chi connectivity index (χ0) is 30.7. The third-order valence-electron chi connectivity index (χ3n) is 7.62. The molecule has 0 radical (unpaired) electrons. The molecule has 0 aliphatic rings. The predicted octanol–water partition coefficient (Wildman–Crippen LogP) is 7.81. The first-order chi connectivity index (χ1) is 20.7. The number of hydrogen-bond donors (Lipinski definition) is 2. The quantitative estimate of drug-likeness (QED) is 0.162. The maximum atomic E-state index is 14.2. The van der Waals surface area contributed by atoms with E-state index in [1.807, 2.05) is 62.4 Å². The predicted molar refractivity (Wildman–Crippen MR) is 173 cm³/mol. The van der Waals surface area contributed by atoms with Crippen LogP contribution in [-0.2, 0) is 13.0 Å². The molecule has 1 atom stereocenters. The molecule has 5 aromatic rings. The van der Waals surface area contributed by atoms with Crippen molar-refractivity contribution in [2.75, 3.05) is 10.7 Å². The summed E-state index contributed by atoms with van der Waals surface area (Å²) in [6.07, 6.45) is 1.68. The van der Waals surface area contributed by atoms with Crippen LogP contribution in [0.1, 0.15) is 57.9 Å². The number of amides is 1. The Morgan fingerprint density at radius 1 is 1.02 bits per heavy atom. The molecule has 0 fully saturated rings. The monoisotopic (exact) mass is 595 g/mol. The molecule has 0 saturated carbocycles. The van der Waals surface area contributed by atoms with E-state index < -0.39 is 11.8 Å². The summed E-state index contributed by atoms with van der Waals surface area (Å²) in [5.41, 5.74) is 6.32. The molecule has 0 spiro atoms. The van der Waals surface area contributed by atoms with Crippen LogP contribution in [0.3, 0.4) is 0 Å². The largest absolute Gasteiger partial charge is 0.478 e. The van der Waals surface area contributed by atoms with Gasteiger partial charge >= 0.3 is 5.97 Å². The number of aromatic carboxylic acids is 1. The molecule has 0 bridgehead atoms. The zero-order valence-corrected chi connectivity index (χ0v) is 25.3. The number of fused-ring (bicyclic) bond motifs is 1. The first kappa shape index (κ1) is 30.0. The molecule has 0 aliphatic heterocycles. The summed E-state index contributed by atoms with van der Waals surface area (Å²) in [5.74, 6) is -0.267. The number of carbonyl (C=O) groups is 2. The van der Waals surface area contributed by atoms with Gasteiger partial charge in [-0.15, -0.1) is 0 Å². The highest BCUT2D eigenvalue weighted by Crippen LogP contribution is 2.29. The van der Waals surface area contributed by atoms with Gasteiger partial charge in [0.25, 0.3) is 5.91 Å². The van der Waals surface area contributed by atoms with Crippen LogP contribution in [-0.4, -0.2) is 38.3 Å². The fourth-order valence-corrected chi connectivity index (χ4v) is 5.63. The number of carboxylic acid groups (broad SMARTS) is 1. The molecule has 1 amide bonds. The van der Waals surface area contributed by atoms with Gasteiger partial charge in [0.2, 0.25) is 0 Å². The number of imidazole rings is 1. The number of anilines is 1. The molecule has 1 unspecified atom stereocenters. The lowest BCUT2D eigenvalue weighted by atomic mass is 9.98. The minimum atomic E-state index is -0.964.